The van der Waals surface area contributed by atoms with Crippen LogP contribution in [0, 0.1) is 13.8 Å². The number of aryl methyl sites for hydroxylation is 3. The monoisotopic (exact) mass is 275 g/mol. The maximum absolute atomic E-state index is 6.13. The van der Waals surface area contributed by atoms with Crippen molar-refractivity contribution in [3.8, 4) is 0 Å². The van der Waals surface area contributed by atoms with Crippen molar-refractivity contribution in [3.63, 3.8) is 0 Å². The highest BCUT2D eigenvalue weighted by Crippen LogP contribution is 2.31. The van der Waals surface area contributed by atoms with Crippen molar-refractivity contribution in [1.82, 2.24) is 9.78 Å². The van der Waals surface area contributed by atoms with E-state index >= 15 is 0 Å². The Morgan fingerprint density at radius 2 is 2.00 bits per heavy atom. The molecule has 0 bridgehead atoms. The number of aromatic nitrogens is 2. The van der Waals surface area contributed by atoms with Crippen molar-refractivity contribution < 1.29 is 0 Å². The van der Waals surface area contributed by atoms with E-state index in [0.717, 1.165) is 35.1 Å². The number of hydrogen-bond donors (Lipinski definition) is 1. The van der Waals surface area contributed by atoms with Crippen molar-refractivity contribution in [3.05, 3.63) is 41.1 Å². The number of nitrogen functional groups attached to an aromatic ring is 1. The minimum atomic E-state index is 0.826. The number of nitrogens with two attached hydrogens (primary N) is 1. The summed E-state index contributed by atoms with van der Waals surface area (Å²) in [6.45, 7) is 7.20. The zero-order valence-electron chi connectivity index (χ0n) is 11.8. The van der Waals surface area contributed by atoms with Gasteiger partial charge in [0.1, 0.15) is 5.03 Å². The van der Waals surface area contributed by atoms with Gasteiger partial charge in [0, 0.05) is 12.3 Å². The lowest BCUT2D eigenvalue weighted by atomic mass is 10.1. The van der Waals surface area contributed by atoms with Gasteiger partial charge >= 0.3 is 0 Å². The van der Waals surface area contributed by atoms with Crippen LogP contribution < -0.4 is 5.73 Å². The number of hydrogen-bond acceptors (Lipinski definition) is 3. The first-order valence-electron chi connectivity index (χ1n) is 6.63. The molecule has 2 aromatic rings. The molecule has 102 valence electrons. The smallest absolute Gasteiger partial charge is 0.118 e. The molecule has 0 fully saturated rings. The minimum absolute atomic E-state index is 0.826. The van der Waals surface area contributed by atoms with Crippen LogP contribution in [0.4, 0.5) is 5.69 Å². The standard InChI is InChI=1S/C15H21N3S/c1-4-9-18-15(14(16)12(3)17-18)19-10-13-8-6-5-7-11(13)2/h5-8H,4,9-10,16H2,1-3H3. The van der Waals surface area contributed by atoms with Crippen molar-refractivity contribution in [2.24, 2.45) is 0 Å². The van der Waals surface area contributed by atoms with Gasteiger partial charge in [0.25, 0.3) is 0 Å². The second kappa shape index (κ2) is 6.15. The van der Waals surface area contributed by atoms with Gasteiger partial charge in [-0.15, -0.1) is 0 Å². The SMILES string of the molecule is CCCn1nc(C)c(N)c1SCc1ccccc1C. The average molecular weight is 275 g/mol. The molecule has 0 aliphatic carbocycles. The molecule has 0 radical (unpaired) electrons. The molecule has 1 heterocycles. The molecule has 3 nitrogen and oxygen atoms in total. The summed E-state index contributed by atoms with van der Waals surface area (Å²) in [5.74, 6) is 0.936. The number of anilines is 1. The summed E-state index contributed by atoms with van der Waals surface area (Å²) in [4.78, 5) is 0. The van der Waals surface area contributed by atoms with E-state index in [0.29, 0.717) is 0 Å². The van der Waals surface area contributed by atoms with Gasteiger partial charge in [-0.05, 0) is 31.4 Å². The Balaban J connectivity index is 2.17. The van der Waals surface area contributed by atoms with Crippen LogP contribution in [0.2, 0.25) is 0 Å². The molecule has 1 aromatic heterocycles. The maximum atomic E-state index is 6.13. The maximum Gasteiger partial charge on any atom is 0.118 e. The quantitative estimate of drug-likeness (QED) is 0.844. The Hall–Kier alpha value is -1.42. The largest absolute Gasteiger partial charge is 0.395 e. The summed E-state index contributed by atoms with van der Waals surface area (Å²) in [6, 6.07) is 8.48. The van der Waals surface area contributed by atoms with Crippen LogP contribution in [-0.2, 0) is 12.3 Å². The van der Waals surface area contributed by atoms with E-state index in [1.165, 1.54) is 11.1 Å². The molecule has 4 heteroatoms. The predicted octanol–water partition coefficient (Wildman–Crippen LogP) is 3.78. The molecule has 0 aliphatic rings. The topological polar surface area (TPSA) is 43.8 Å². The van der Waals surface area contributed by atoms with Crippen molar-refractivity contribution in [1.29, 1.82) is 0 Å². The van der Waals surface area contributed by atoms with E-state index in [1.54, 1.807) is 11.8 Å². The third-order valence-corrected chi connectivity index (χ3v) is 4.35. The summed E-state index contributed by atoms with van der Waals surface area (Å²) in [5.41, 5.74) is 10.6. The van der Waals surface area contributed by atoms with Gasteiger partial charge in [0.05, 0.1) is 11.4 Å². The average Bonchev–Trinajstić information content (AvgIpc) is 2.65. The van der Waals surface area contributed by atoms with Crippen molar-refractivity contribution in [2.45, 2.75) is 44.5 Å². The Morgan fingerprint density at radius 1 is 1.26 bits per heavy atom. The first kappa shape index (κ1) is 14.0. The number of rotatable bonds is 5. The van der Waals surface area contributed by atoms with Crippen LogP contribution in [0.5, 0.6) is 0 Å². The number of benzene rings is 1. The lowest BCUT2D eigenvalue weighted by Crippen LogP contribution is -2.01. The van der Waals surface area contributed by atoms with Crippen LogP contribution in [0.15, 0.2) is 29.3 Å². The number of nitrogens with zero attached hydrogens (tertiary/aromatic N) is 2. The Bertz CT molecular complexity index is 561. The van der Waals surface area contributed by atoms with Crippen molar-refractivity contribution >= 4 is 17.4 Å². The van der Waals surface area contributed by atoms with Gasteiger partial charge in [-0.3, -0.25) is 4.68 Å². The molecule has 0 unspecified atom stereocenters. The second-order valence-corrected chi connectivity index (χ2v) is 5.71. The molecule has 1 aromatic carbocycles. The molecular formula is C15H21N3S. The van der Waals surface area contributed by atoms with E-state index in [9.17, 15) is 0 Å². The zero-order chi connectivity index (χ0) is 13.8. The summed E-state index contributed by atoms with van der Waals surface area (Å²) >= 11 is 1.78. The second-order valence-electron chi connectivity index (χ2n) is 4.74. The van der Waals surface area contributed by atoms with Gasteiger partial charge in [0.2, 0.25) is 0 Å². The Labute approximate surface area is 119 Å². The fourth-order valence-corrected chi connectivity index (χ4v) is 3.21. The first-order chi connectivity index (χ1) is 9.13. The molecule has 2 rings (SSSR count). The molecule has 0 amide bonds. The van der Waals surface area contributed by atoms with E-state index in [4.69, 9.17) is 5.73 Å². The van der Waals surface area contributed by atoms with Crippen LogP contribution in [0.3, 0.4) is 0 Å². The Morgan fingerprint density at radius 3 is 2.68 bits per heavy atom. The summed E-state index contributed by atoms with van der Waals surface area (Å²) in [6.07, 6.45) is 1.07. The molecule has 19 heavy (non-hydrogen) atoms. The molecular weight excluding hydrogens is 254 g/mol. The molecule has 0 atom stereocenters. The fraction of sp³-hybridized carbons (Fsp3) is 0.400. The van der Waals surface area contributed by atoms with Crippen molar-refractivity contribution in [2.75, 3.05) is 5.73 Å². The predicted molar refractivity (Wildman–Crippen MR) is 82.4 cm³/mol. The molecule has 2 N–H and O–H groups in total. The first-order valence-corrected chi connectivity index (χ1v) is 7.62. The van der Waals surface area contributed by atoms with Gasteiger partial charge in [-0.2, -0.15) is 5.10 Å². The van der Waals surface area contributed by atoms with E-state index < -0.39 is 0 Å². The summed E-state index contributed by atoms with van der Waals surface area (Å²) in [5, 5.41) is 5.61. The lowest BCUT2D eigenvalue weighted by Gasteiger charge is -2.08. The van der Waals surface area contributed by atoms with Crippen LogP contribution in [0.25, 0.3) is 0 Å². The van der Waals surface area contributed by atoms with Gasteiger partial charge in [0.15, 0.2) is 0 Å². The van der Waals surface area contributed by atoms with Crippen LogP contribution in [-0.4, -0.2) is 9.78 Å². The normalized spacial score (nSPS) is 10.9. The van der Waals surface area contributed by atoms with Gasteiger partial charge in [-0.1, -0.05) is 43.0 Å². The van der Waals surface area contributed by atoms with Crippen LogP contribution >= 0.6 is 11.8 Å². The van der Waals surface area contributed by atoms with Gasteiger partial charge in [-0.25, -0.2) is 0 Å². The highest BCUT2D eigenvalue weighted by molar-refractivity contribution is 7.98. The van der Waals surface area contributed by atoms with E-state index in [-0.39, 0.29) is 0 Å². The molecule has 0 aliphatic heterocycles. The Kier molecular flexibility index (Phi) is 4.53. The summed E-state index contributed by atoms with van der Waals surface area (Å²) < 4.78 is 2.04. The highest BCUT2D eigenvalue weighted by atomic mass is 32.2. The van der Waals surface area contributed by atoms with E-state index in [1.807, 2.05) is 11.6 Å². The summed E-state index contributed by atoms with van der Waals surface area (Å²) in [7, 11) is 0. The minimum Gasteiger partial charge on any atom is -0.395 e. The number of thioether (sulfide) groups is 1. The fourth-order valence-electron chi connectivity index (χ4n) is 2.01. The van der Waals surface area contributed by atoms with Gasteiger partial charge < -0.3 is 5.73 Å². The molecule has 0 saturated carbocycles. The third-order valence-electron chi connectivity index (χ3n) is 3.19. The molecule has 0 spiro atoms. The highest BCUT2D eigenvalue weighted by Gasteiger charge is 2.12. The lowest BCUT2D eigenvalue weighted by molar-refractivity contribution is 0.556. The van der Waals surface area contributed by atoms with Crippen LogP contribution in [0.1, 0.15) is 30.2 Å². The zero-order valence-corrected chi connectivity index (χ0v) is 12.6. The molecule has 0 saturated heterocycles. The van der Waals surface area contributed by atoms with E-state index in [2.05, 4.69) is 43.2 Å². The third kappa shape index (κ3) is 3.13.